The van der Waals surface area contributed by atoms with Crippen LogP contribution in [0.2, 0.25) is 0 Å². The highest BCUT2D eigenvalue weighted by Gasteiger charge is 2.24. The lowest BCUT2D eigenvalue weighted by Crippen LogP contribution is -2.33. The fourth-order valence-corrected chi connectivity index (χ4v) is 3.70. The van der Waals surface area contributed by atoms with Gasteiger partial charge in [-0.3, -0.25) is 9.79 Å². The number of carbonyl (C=O) groups excluding carboxylic acids is 1. The van der Waals surface area contributed by atoms with Gasteiger partial charge in [-0.2, -0.15) is 5.26 Å². The molecule has 154 valence electrons. The molecular formula is C22H23FN6O. The van der Waals surface area contributed by atoms with Crippen LogP contribution in [0.5, 0.6) is 0 Å². The normalized spacial score (nSPS) is 20.1. The van der Waals surface area contributed by atoms with Gasteiger partial charge in [-0.15, -0.1) is 0 Å². The zero-order chi connectivity index (χ0) is 22.0. The molecular weight excluding hydrogens is 383 g/mol. The largest absolute Gasteiger partial charge is 0.400 e. The highest BCUT2D eigenvalue weighted by Crippen LogP contribution is 2.30. The summed E-state index contributed by atoms with van der Waals surface area (Å²) in [5, 5.41) is 9.55. The molecule has 1 aliphatic rings. The molecule has 0 saturated carbocycles. The molecule has 4 N–H and O–H groups in total. The molecule has 0 aliphatic carbocycles. The second kappa shape index (κ2) is 8.33. The standard InChI is InChI=1S/C22H23FN6O/c1-12-6-13-7-14(10-28-21(13)26)20(19(9-24)27-2)18(25)11-29(3)22(30)16-5-4-15(23)8-17(12)16/h4-5,7-8,10,12H,6,11,25H2,1-3H3,(H2,26,28)/b20-18-,27-19?. The number of amides is 1. The first-order valence-electron chi connectivity index (χ1n) is 9.42. The van der Waals surface area contributed by atoms with Gasteiger partial charge in [0.1, 0.15) is 23.4 Å². The molecule has 1 aromatic carbocycles. The Morgan fingerprint density at radius 3 is 2.77 bits per heavy atom. The molecule has 0 saturated heterocycles. The number of allylic oxidation sites excluding steroid dienone is 1. The van der Waals surface area contributed by atoms with Crippen molar-refractivity contribution < 1.29 is 9.18 Å². The Balaban J connectivity index is 2.29. The van der Waals surface area contributed by atoms with E-state index in [9.17, 15) is 14.4 Å². The predicted molar refractivity (Wildman–Crippen MR) is 114 cm³/mol. The van der Waals surface area contributed by atoms with Gasteiger partial charge in [0, 0.05) is 42.7 Å². The predicted octanol–water partition coefficient (Wildman–Crippen LogP) is 2.50. The zero-order valence-corrected chi connectivity index (χ0v) is 17.1. The first-order valence-corrected chi connectivity index (χ1v) is 9.42. The summed E-state index contributed by atoms with van der Waals surface area (Å²) in [6, 6.07) is 8.01. The van der Waals surface area contributed by atoms with Crippen LogP contribution in [0, 0.1) is 17.1 Å². The second-order valence-electron chi connectivity index (χ2n) is 7.35. The van der Waals surface area contributed by atoms with Crippen LogP contribution in [-0.2, 0) is 6.42 Å². The molecule has 1 atom stereocenters. The Morgan fingerprint density at radius 2 is 2.10 bits per heavy atom. The third kappa shape index (κ3) is 3.87. The summed E-state index contributed by atoms with van der Waals surface area (Å²) in [6.07, 6.45) is 1.97. The number of hydrogen-bond donors (Lipinski definition) is 2. The Hall–Kier alpha value is -3.73. The minimum atomic E-state index is -0.414. The number of halogens is 1. The van der Waals surface area contributed by atoms with Crippen LogP contribution in [0.15, 0.2) is 41.2 Å². The monoisotopic (exact) mass is 406 g/mol. The van der Waals surface area contributed by atoms with Crippen LogP contribution in [0.1, 0.15) is 39.9 Å². The lowest BCUT2D eigenvalue weighted by Gasteiger charge is -2.24. The van der Waals surface area contributed by atoms with Crippen molar-refractivity contribution in [3.63, 3.8) is 0 Å². The Kier molecular flexibility index (Phi) is 5.83. The van der Waals surface area contributed by atoms with Crippen molar-refractivity contribution in [2.24, 2.45) is 10.7 Å². The molecule has 2 bridgehead atoms. The number of anilines is 1. The van der Waals surface area contributed by atoms with E-state index < -0.39 is 5.82 Å². The van der Waals surface area contributed by atoms with Crippen molar-refractivity contribution in [3.8, 4) is 6.07 Å². The molecule has 30 heavy (non-hydrogen) atoms. The molecule has 1 unspecified atom stereocenters. The summed E-state index contributed by atoms with van der Waals surface area (Å²) in [7, 11) is 3.11. The number of carbonyl (C=O) groups is 1. The maximum atomic E-state index is 14.0. The van der Waals surface area contributed by atoms with E-state index in [4.69, 9.17) is 11.5 Å². The van der Waals surface area contributed by atoms with E-state index in [-0.39, 0.29) is 24.1 Å². The first-order chi connectivity index (χ1) is 14.3. The molecule has 0 spiro atoms. The number of nitrogens with two attached hydrogens (primary N) is 2. The Labute approximate surface area is 174 Å². The van der Waals surface area contributed by atoms with Crippen LogP contribution < -0.4 is 11.5 Å². The third-order valence-electron chi connectivity index (χ3n) is 5.23. The summed E-state index contributed by atoms with van der Waals surface area (Å²) < 4.78 is 14.0. The molecule has 0 fully saturated rings. The van der Waals surface area contributed by atoms with Crippen LogP contribution in [0.25, 0.3) is 5.57 Å². The van der Waals surface area contributed by atoms with E-state index >= 15 is 0 Å². The number of nitrogens with zero attached hydrogens (tertiary/aromatic N) is 4. The average molecular weight is 406 g/mol. The number of aromatic nitrogens is 1. The number of hydrogen-bond acceptors (Lipinski definition) is 6. The van der Waals surface area contributed by atoms with Gasteiger partial charge in [0.25, 0.3) is 5.91 Å². The number of rotatable bonds is 1. The van der Waals surface area contributed by atoms with Crippen molar-refractivity contribution in [3.05, 3.63) is 64.2 Å². The van der Waals surface area contributed by atoms with Crippen LogP contribution in [0.3, 0.4) is 0 Å². The maximum Gasteiger partial charge on any atom is 0.254 e. The van der Waals surface area contributed by atoms with Crippen molar-refractivity contribution in [1.29, 1.82) is 5.26 Å². The summed E-state index contributed by atoms with van der Waals surface area (Å²) >= 11 is 0. The summed E-state index contributed by atoms with van der Waals surface area (Å²) in [4.78, 5) is 22.9. The zero-order valence-electron chi connectivity index (χ0n) is 17.1. The summed E-state index contributed by atoms with van der Waals surface area (Å²) in [5.74, 6) is -0.579. The number of pyridine rings is 1. The van der Waals surface area contributed by atoms with Crippen molar-refractivity contribution in [2.45, 2.75) is 19.3 Å². The van der Waals surface area contributed by atoms with Crippen molar-refractivity contribution >= 4 is 23.0 Å². The van der Waals surface area contributed by atoms with Crippen LogP contribution >= 0.6 is 0 Å². The summed E-state index contributed by atoms with van der Waals surface area (Å²) in [6.45, 7) is 1.96. The topological polar surface area (TPSA) is 121 Å². The van der Waals surface area contributed by atoms with E-state index in [1.807, 2.05) is 13.0 Å². The number of likely N-dealkylation sites (N-methyl/N-ethyl adjacent to an activating group) is 1. The van der Waals surface area contributed by atoms with Gasteiger partial charge in [-0.25, -0.2) is 9.37 Å². The van der Waals surface area contributed by atoms with Crippen molar-refractivity contribution in [2.75, 3.05) is 26.4 Å². The Bertz CT molecular complexity index is 1120. The molecule has 1 aliphatic heterocycles. The van der Waals surface area contributed by atoms with Gasteiger partial charge < -0.3 is 16.4 Å². The van der Waals surface area contributed by atoms with Gasteiger partial charge in [0.15, 0.2) is 0 Å². The van der Waals surface area contributed by atoms with Crippen molar-refractivity contribution in [1.82, 2.24) is 9.88 Å². The molecule has 2 heterocycles. The minimum absolute atomic E-state index is 0.0553. The molecule has 3 rings (SSSR count). The quantitative estimate of drug-likeness (QED) is 0.705. The second-order valence-corrected chi connectivity index (χ2v) is 7.35. The van der Waals surface area contributed by atoms with E-state index in [2.05, 4.69) is 16.0 Å². The molecule has 1 amide bonds. The lowest BCUT2D eigenvalue weighted by atomic mass is 9.88. The first kappa shape index (κ1) is 21.0. The van der Waals surface area contributed by atoms with E-state index in [0.29, 0.717) is 40.2 Å². The maximum absolute atomic E-state index is 14.0. The van der Waals surface area contributed by atoms with Crippen LogP contribution in [0.4, 0.5) is 10.2 Å². The molecule has 2 aromatic rings. The number of nitrogen functional groups attached to an aromatic ring is 1. The molecule has 0 radical (unpaired) electrons. The van der Waals surface area contributed by atoms with Gasteiger partial charge in [-0.05, 0) is 47.7 Å². The summed E-state index contributed by atoms with van der Waals surface area (Å²) in [5.41, 5.74) is 15.6. The fraction of sp³-hybridized carbons (Fsp3) is 0.273. The smallest absolute Gasteiger partial charge is 0.254 e. The lowest BCUT2D eigenvalue weighted by molar-refractivity contribution is 0.0805. The van der Waals surface area contributed by atoms with Gasteiger partial charge in [0.05, 0.1) is 6.54 Å². The molecule has 8 heteroatoms. The molecule has 7 nitrogen and oxygen atoms in total. The molecule has 1 aromatic heterocycles. The third-order valence-corrected chi connectivity index (χ3v) is 5.23. The minimum Gasteiger partial charge on any atom is -0.400 e. The number of fused-ring (bicyclic) bond motifs is 3. The van der Waals surface area contributed by atoms with E-state index in [0.717, 1.165) is 5.56 Å². The SMILES string of the molecule is CN=C(C#N)/C1=C(\N)CN(C)C(=O)c2ccc(F)cc2C(C)Cc2cc1cnc2N. The number of benzene rings is 1. The number of aliphatic imine (C=N–C) groups is 1. The highest BCUT2D eigenvalue weighted by molar-refractivity contribution is 6.32. The Morgan fingerprint density at radius 1 is 1.37 bits per heavy atom. The average Bonchev–Trinajstić information content (AvgIpc) is 2.72. The van der Waals surface area contributed by atoms with Gasteiger partial charge in [-0.1, -0.05) is 6.92 Å². The van der Waals surface area contributed by atoms with E-state index in [1.54, 1.807) is 7.05 Å². The van der Waals surface area contributed by atoms with E-state index in [1.165, 1.54) is 36.3 Å². The van der Waals surface area contributed by atoms with Gasteiger partial charge in [0.2, 0.25) is 0 Å². The fourth-order valence-electron chi connectivity index (χ4n) is 3.70. The number of nitriles is 1. The van der Waals surface area contributed by atoms with Gasteiger partial charge >= 0.3 is 0 Å². The van der Waals surface area contributed by atoms with Crippen LogP contribution in [-0.4, -0.2) is 42.1 Å². The highest BCUT2D eigenvalue weighted by atomic mass is 19.1.